The summed E-state index contributed by atoms with van der Waals surface area (Å²) in [4.78, 5) is 11.4. The highest BCUT2D eigenvalue weighted by Crippen LogP contribution is 2.13. The molecule has 3 heteroatoms. The van der Waals surface area contributed by atoms with E-state index >= 15 is 0 Å². The van der Waals surface area contributed by atoms with Gasteiger partial charge >= 0.3 is 5.97 Å². The maximum absolute atomic E-state index is 13.1. The maximum atomic E-state index is 13.1. The Kier molecular flexibility index (Phi) is 3.72. The first-order chi connectivity index (χ1) is 8.69. The van der Waals surface area contributed by atoms with Crippen molar-refractivity contribution >= 4 is 5.97 Å². The van der Waals surface area contributed by atoms with Gasteiger partial charge in [-0.3, -0.25) is 0 Å². The quantitative estimate of drug-likeness (QED) is 0.775. The van der Waals surface area contributed by atoms with E-state index in [0.29, 0.717) is 12.0 Å². The van der Waals surface area contributed by atoms with Gasteiger partial charge in [0, 0.05) is 0 Å². The van der Waals surface area contributed by atoms with Gasteiger partial charge in [0.2, 0.25) is 0 Å². The molecule has 18 heavy (non-hydrogen) atoms. The highest BCUT2D eigenvalue weighted by molar-refractivity contribution is 5.89. The van der Waals surface area contributed by atoms with Crippen LogP contribution in [0.5, 0.6) is 0 Å². The lowest BCUT2D eigenvalue weighted by Crippen LogP contribution is -2.01. The molecule has 0 heterocycles. The largest absolute Gasteiger partial charge is 0.465 e. The van der Waals surface area contributed by atoms with Gasteiger partial charge in [0.05, 0.1) is 12.7 Å². The summed E-state index contributed by atoms with van der Waals surface area (Å²) >= 11 is 0. The second-order valence-electron chi connectivity index (χ2n) is 4.00. The molecule has 2 nitrogen and oxygen atoms in total. The molecule has 2 rings (SSSR count). The number of halogens is 1. The van der Waals surface area contributed by atoms with E-state index < -0.39 is 0 Å². The molecule has 0 atom stereocenters. The highest BCUT2D eigenvalue weighted by Gasteiger charge is 2.06. The van der Waals surface area contributed by atoms with E-state index in [2.05, 4.69) is 4.74 Å². The first-order valence-electron chi connectivity index (χ1n) is 5.61. The molecule has 2 aromatic rings. The molecule has 0 bridgehead atoms. The van der Waals surface area contributed by atoms with Crippen LogP contribution in [0.1, 0.15) is 21.5 Å². The molecule has 0 saturated carbocycles. The number of carbonyl (C=O) groups is 1. The molecule has 0 unspecified atom stereocenters. The van der Waals surface area contributed by atoms with E-state index in [9.17, 15) is 9.18 Å². The van der Waals surface area contributed by atoms with Gasteiger partial charge in [-0.15, -0.1) is 0 Å². The fourth-order valence-corrected chi connectivity index (χ4v) is 1.81. The molecule has 0 aliphatic rings. The smallest absolute Gasteiger partial charge is 0.337 e. The molecule has 0 saturated heterocycles. The second kappa shape index (κ2) is 5.45. The minimum absolute atomic E-state index is 0.253. The zero-order valence-electron chi connectivity index (χ0n) is 10.0. The number of benzene rings is 2. The van der Waals surface area contributed by atoms with Crippen LogP contribution in [0.3, 0.4) is 0 Å². The molecule has 0 N–H and O–H groups in total. The summed E-state index contributed by atoms with van der Waals surface area (Å²) in [5.41, 5.74) is 2.33. The summed E-state index contributed by atoms with van der Waals surface area (Å²) < 4.78 is 17.7. The molecule has 0 aromatic heterocycles. The lowest BCUT2D eigenvalue weighted by molar-refractivity contribution is 0.0600. The van der Waals surface area contributed by atoms with E-state index in [-0.39, 0.29) is 11.8 Å². The van der Waals surface area contributed by atoms with Crippen LogP contribution in [0.15, 0.2) is 48.5 Å². The van der Waals surface area contributed by atoms with E-state index in [0.717, 1.165) is 11.1 Å². The topological polar surface area (TPSA) is 26.3 Å². The molecule has 2 aromatic carbocycles. The lowest BCUT2D eigenvalue weighted by atomic mass is 10.0. The predicted octanol–water partition coefficient (Wildman–Crippen LogP) is 3.20. The fourth-order valence-electron chi connectivity index (χ4n) is 1.81. The van der Waals surface area contributed by atoms with E-state index in [1.165, 1.54) is 19.2 Å². The first kappa shape index (κ1) is 12.3. The normalized spacial score (nSPS) is 10.1. The standard InChI is InChI=1S/C15H13FO2/c1-18-15(17)13-6-2-4-11(9-13)8-12-5-3-7-14(16)10-12/h2-7,9-10H,8H2,1H3. The van der Waals surface area contributed by atoms with Crippen LogP contribution in [-0.4, -0.2) is 13.1 Å². The molecular formula is C15H13FO2. The van der Waals surface area contributed by atoms with Crippen LogP contribution in [0.25, 0.3) is 0 Å². The summed E-state index contributed by atoms with van der Waals surface area (Å²) in [5.74, 6) is -0.618. The molecular weight excluding hydrogens is 231 g/mol. The van der Waals surface area contributed by atoms with Gasteiger partial charge in [-0.1, -0.05) is 24.3 Å². The Morgan fingerprint density at radius 1 is 1.11 bits per heavy atom. The van der Waals surface area contributed by atoms with Crippen LogP contribution >= 0.6 is 0 Å². The maximum Gasteiger partial charge on any atom is 0.337 e. The third-order valence-electron chi connectivity index (χ3n) is 2.65. The Labute approximate surface area is 105 Å². The Morgan fingerprint density at radius 3 is 2.44 bits per heavy atom. The van der Waals surface area contributed by atoms with Crippen molar-refractivity contribution in [3.05, 3.63) is 71.0 Å². The molecule has 0 aliphatic heterocycles. The summed E-state index contributed by atoms with van der Waals surface area (Å²) in [6.45, 7) is 0. The summed E-state index contributed by atoms with van der Waals surface area (Å²) in [5, 5.41) is 0. The predicted molar refractivity (Wildman–Crippen MR) is 67.0 cm³/mol. The minimum Gasteiger partial charge on any atom is -0.465 e. The van der Waals surface area contributed by atoms with Crippen molar-refractivity contribution in [3.63, 3.8) is 0 Å². The van der Waals surface area contributed by atoms with Crippen molar-refractivity contribution in [1.29, 1.82) is 0 Å². The highest BCUT2D eigenvalue weighted by atomic mass is 19.1. The van der Waals surface area contributed by atoms with Crippen molar-refractivity contribution in [2.75, 3.05) is 7.11 Å². The molecule has 92 valence electrons. The number of rotatable bonds is 3. The van der Waals surface area contributed by atoms with Crippen molar-refractivity contribution in [3.8, 4) is 0 Å². The van der Waals surface area contributed by atoms with Crippen molar-refractivity contribution < 1.29 is 13.9 Å². The van der Waals surface area contributed by atoms with Crippen LogP contribution < -0.4 is 0 Å². The Hall–Kier alpha value is -2.16. The Balaban J connectivity index is 2.22. The number of carbonyl (C=O) groups excluding carboxylic acids is 1. The number of methoxy groups -OCH3 is 1. The van der Waals surface area contributed by atoms with Crippen molar-refractivity contribution in [1.82, 2.24) is 0 Å². The number of hydrogen-bond acceptors (Lipinski definition) is 2. The SMILES string of the molecule is COC(=O)c1cccc(Cc2cccc(F)c2)c1. The zero-order chi connectivity index (χ0) is 13.0. The van der Waals surface area contributed by atoms with Gasteiger partial charge in [-0.05, 0) is 41.8 Å². The van der Waals surface area contributed by atoms with Gasteiger partial charge < -0.3 is 4.74 Å². The van der Waals surface area contributed by atoms with Crippen LogP contribution in [0, 0.1) is 5.82 Å². The average molecular weight is 244 g/mol. The van der Waals surface area contributed by atoms with Crippen molar-refractivity contribution in [2.24, 2.45) is 0 Å². The van der Waals surface area contributed by atoms with Gasteiger partial charge in [0.1, 0.15) is 5.82 Å². The van der Waals surface area contributed by atoms with Gasteiger partial charge in [-0.25, -0.2) is 9.18 Å². The number of ether oxygens (including phenoxy) is 1. The third-order valence-corrected chi connectivity index (χ3v) is 2.65. The lowest BCUT2D eigenvalue weighted by Gasteiger charge is -2.04. The molecule has 0 aliphatic carbocycles. The van der Waals surface area contributed by atoms with E-state index in [4.69, 9.17) is 0 Å². The fraction of sp³-hybridized carbons (Fsp3) is 0.133. The van der Waals surface area contributed by atoms with Crippen LogP contribution in [-0.2, 0) is 11.2 Å². The van der Waals surface area contributed by atoms with Gasteiger partial charge in [0.15, 0.2) is 0 Å². The second-order valence-corrected chi connectivity index (χ2v) is 4.00. The van der Waals surface area contributed by atoms with Crippen LogP contribution in [0.4, 0.5) is 4.39 Å². The molecule has 0 spiro atoms. The monoisotopic (exact) mass is 244 g/mol. The molecule has 0 radical (unpaired) electrons. The Bertz CT molecular complexity index is 564. The van der Waals surface area contributed by atoms with E-state index in [1.54, 1.807) is 24.3 Å². The molecule has 0 amide bonds. The number of esters is 1. The summed E-state index contributed by atoms with van der Waals surface area (Å²) in [7, 11) is 1.35. The molecule has 0 fully saturated rings. The summed E-state index contributed by atoms with van der Waals surface area (Å²) in [6.07, 6.45) is 0.586. The van der Waals surface area contributed by atoms with Gasteiger partial charge in [-0.2, -0.15) is 0 Å². The zero-order valence-corrected chi connectivity index (χ0v) is 10.0. The van der Waals surface area contributed by atoms with Gasteiger partial charge in [0.25, 0.3) is 0 Å². The first-order valence-corrected chi connectivity index (χ1v) is 5.61. The third kappa shape index (κ3) is 2.94. The number of hydrogen-bond donors (Lipinski definition) is 0. The van der Waals surface area contributed by atoms with E-state index in [1.807, 2.05) is 12.1 Å². The minimum atomic E-state index is -0.365. The Morgan fingerprint density at radius 2 is 1.78 bits per heavy atom. The average Bonchev–Trinajstić information content (AvgIpc) is 2.38. The summed E-state index contributed by atoms with van der Waals surface area (Å²) in [6, 6.07) is 13.6. The van der Waals surface area contributed by atoms with Crippen molar-refractivity contribution in [2.45, 2.75) is 6.42 Å². The van der Waals surface area contributed by atoms with Crippen LogP contribution in [0.2, 0.25) is 0 Å².